The average molecular weight is 486 g/mol. The Morgan fingerprint density at radius 1 is 1.14 bits per heavy atom. The van der Waals surface area contributed by atoms with Crippen LogP contribution in [0, 0.1) is 5.92 Å². The molecule has 3 rings (SSSR count). The molecule has 1 aromatic carbocycles. The van der Waals surface area contributed by atoms with Gasteiger partial charge in [0, 0.05) is 16.6 Å². The average Bonchev–Trinajstić information content (AvgIpc) is 2.66. The third-order valence-electron chi connectivity index (χ3n) is 4.51. The normalized spacial score (nSPS) is 15.2. The first-order valence-electron chi connectivity index (χ1n) is 8.80. The molecular formula is C19H19BrCl2N4O2. The number of likely N-dealkylation sites (tertiary alicyclic amines) is 1. The van der Waals surface area contributed by atoms with Crippen molar-refractivity contribution >= 4 is 62.5 Å². The molecule has 0 bridgehead atoms. The molecule has 28 heavy (non-hydrogen) atoms. The van der Waals surface area contributed by atoms with Gasteiger partial charge in [-0.25, -0.2) is 4.98 Å². The molecule has 1 aliphatic rings. The number of piperidine rings is 1. The predicted molar refractivity (Wildman–Crippen MR) is 115 cm³/mol. The summed E-state index contributed by atoms with van der Waals surface area (Å²) in [5.74, 6) is 0.207. The minimum Gasteiger partial charge on any atom is -0.324 e. The first kappa shape index (κ1) is 21.0. The molecule has 1 aliphatic heterocycles. The first-order valence-corrected chi connectivity index (χ1v) is 10.4. The number of anilines is 2. The van der Waals surface area contributed by atoms with E-state index in [1.807, 2.05) is 11.0 Å². The maximum absolute atomic E-state index is 12.4. The van der Waals surface area contributed by atoms with Crippen molar-refractivity contribution in [3.63, 3.8) is 0 Å². The van der Waals surface area contributed by atoms with Gasteiger partial charge in [0.15, 0.2) is 0 Å². The molecule has 2 aromatic rings. The van der Waals surface area contributed by atoms with E-state index in [4.69, 9.17) is 23.2 Å². The second-order valence-electron chi connectivity index (χ2n) is 6.57. The van der Waals surface area contributed by atoms with Crippen LogP contribution in [0.3, 0.4) is 0 Å². The summed E-state index contributed by atoms with van der Waals surface area (Å²) in [6.45, 7) is 1.61. The van der Waals surface area contributed by atoms with E-state index in [2.05, 4.69) is 31.5 Å². The Bertz CT molecular complexity index is 856. The van der Waals surface area contributed by atoms with Crippen molar-refractivity contribution in [1.82, 2.24) is 9.88 Å². The van der Waals surface area contributed by atoms with E-state index < -0.39 is 0 Å². The number of amides is 2. The van der Waals surface area contributed by atoms with Crippen LogP contribution in [0.15, 0.2) is 41.0 Å². The SMILES string of the molecule is O=C(CN1CCC(C(=O)Nc2ccc(Cl)cn2)CC1)Nc1ccc(Br)cc1Cl. The first-order chi connectivity index (χ1) is 13.4. The van der Waals surface area contributed by atoms with Crippen molar-refractivity contribution in [2.24, 2.45) is 5.92 Å². The minimum atomic E-state index is -0.127. The number of benzene rings is 1. The van der Waals surface area contributed by atoms with Crippen molar-refractivity contribution in [1.29, 1.82) is 0 Å². The van der Waals surface area contributed by atoms with Gasteiger partial charge in [-0.3, -0.25) is 14.5 Å². The van der Waals surface area contributed by atoms with E-state index in [1.54, 1.807) is 24.3 Å². The van der Waals surface area contributed by atoms with Gasteiger partial charge < -0.3 is 10.6 Å². The molecule has 148 valence electrons. The van der Waals surface area contributed by atoms with Gasteiger partial charge in [0.25, 0.3) is 0 Å². The van der Waals surface area contributed by atoms with Crippen LogP contribution >= 0.6 is 39.1 Å². The molecule has 1 fully saturated rings. The summed E-state index contributed by atoms with van der Waals surface area (Å²) >= 11 is 15.3. The third kappa shape index (κ3) is 5.91. The smallest absolute Gasteiger partial charge is 0.238 e. The molecule has 0 saturated carbocycles. The predicted octanol–water partition coefficient (Wildman–Crippen LogP) is 4.44. The number of carbonyl (C=O) groups is 2. The summed E-state index contributed by atoms with van der Waals surface area (Å²) in [5, 5.41) is 6.64. The molecule has 9 heteroatoms. The Hall–Kier alpha value is -1.67. The van der Waals surface area contributed by atoms with Crippen LogP contribution in [-0.2, 0) is 9.59 Å². The molecule has 2 amide bonds. The van der Waals surface area contributed by atoms with Crippen LogP contribution in [0.25, 0.3) is 0 Å². The lowest BCUT2D eigenvalue weighted by atomic mass is 9.96. The Morgan fingerprint density at radius 3 is 2.54 bits per heavy atom. The number of aromatic nitrogens is 1. The number of hydrogen-bond donors (Lipinski definition) is 2. The van der Waals surface area contributed by atoms with Crippen LogP contribution in [0.2, 0.25) is 10.0 Å². The molecule has 0 aliphatic carbocycles. The van der Waals surface area contributed by atoms with Crippen LogP contribution in [0.5, 0.6) is 0 Å². The lowest BCUT2D eigenvalue weighted by molar-refractivity contribution is -0.121. The van der Waals surface area contributed by atoms with Gasteiger partial charge in [-0.2, -0.15) is 0 Å². The standard InChI is InChI=1S/C19H19BrCl2N4O2/c20-13-1-3-16(15(22)9-13)24-18(27)11-26-7-5-12(6-8-26)19(28)25-17-4-2-14(21)10-23-17/h1-4,9-10,12H,5-8,11H2,(H,24,27)(H,23,25,28). The highest BCUT2D eigenvalue weighted by molar-refractivity contribution is 9.10. The molecule has 0 radical (unpaired) electrons. The van der Waals surface area contributed by atoms with Gasteiger partial charge in [0.05, 0.1) is 22.3 Å². The number of pyridine rings is 1. The van der Waals surface area contributed by atoms with Gasteiger partial charge in [-0.1, -0.05) is 39.1 Å². The van der Waals surface area contributed by atoms with Crippen LogP contribution < -0.4 is 10.6 Å². The maximum atomic E-state index is 12.4. The Balaban J connectivity index is 1.45. The lowest BCUT2D eigenvalue weighted by Crippen LogP contribution is -2.41. The van der Waals surface area contributed by atoms with Crippen molar-refractivity contribution in [2.45, 2.75) is 12.8 Å². The molecule has 1 aromatic heterocycles. The second-order valence-corrected chi connectivity index (χ2v) is 8.33. The minimum absolute atomic E-state index is 0.0550. The molecule has 2 heterocycles. The maximum Gasteiger partial charge on any atom is 0.238 e. The van der Waals surface area contributed by atoms with Crippen molar-refractivity contribution in [3.8, 4) is 0 Å². The summed E-state index contributed by atoms with van der Waals surface area (Å²) in [7, 11) is 0. The molecule has 0 spiro atoms. The highest BCUT2D eigenvalue weighted by Crippen LogP contribution is 2.26. The second kappa shape index (κ2) is 9.69. The van der Waals surface area contributed by atoms with Crippen LogP contribution in [-0.4, -0.2) is 41.3 Å². The number of nitrogens with one attached hydrogen (secondary N) is 2. The Labute approximate surface area is 181 Å². The zero-order valence-electron chi connectivity index (χ0n) is 14.9. The molecule has 6 nitrogen and oxygen atoms in total. The topological polar surface area (TPSA) is 74.3 Å². The van der Waals surface area contributed by atoms with E-state index in [1.165, 1.54) is 6.20 Å². The summed E-state index contributed by atoms with van der Waals surface area (Å²) in [6.07, 6.45) is 2.87. The van der Waals surface area contributed by atoms with Crippen LogP contribution in [0.1, 0.15) is 12.8 Å². The van der Waals surface area contributed by atoms with E-state index in [0.29, 0.717) is 47.5 Å². The number of hydrogen-bond acceptors (Lipinski definition) is 4. The number of carbonyl (C=O) groups excluding carboxylic acids is 2. The lowest BCUT2D eigenvalue weighted by Gasteiger charge is -2.30. The zero-order valence-corrected chi connectivity index (χ0v) is 18.0. The van der Waals surface area contributed by atoms with Gasteiger partial charge in [0.1, 0.15) is 5.82 Å². The largest absolute Gasteiger partial charge is 0.324 e. The number of nitrogens with zero attached hydrogens (tertiary/aromatic N) is 2. The summed E-state index contributed by atoms with van der Waals surface area (Å²) in [5.41, 5.74) is 0.583. The number of halogens is 3. The summed E-state index contributed by atoms with van der Waals surface area (Å²) in [4.78, 5) is 30.8. The van der Waals surface area contributed by atoms with E-state index in [0.717, 1.165) is 4.47 Å². The molecule has 0 atom stereocenters. The third-order valence-corrected chi connectivity index (χ3v) is 5.54. The van der Waals surface area contributed by atoms with Gasteiger partial charge in [-0.05, 0) is 56.3 Å². The highest BCUT2D eigenvalue weighted by atomic mass is 79.9. The molecule has 0 unspecified atom stereocenters. The summed E-state index contributed by atoms with van der Waals surface area (Å²) < 4.78 is 0.852. The Morgan fingerprint density at radius 2 is 1.89 bits per heavy atom. The fourth-order valence-corrected chi connectivity index (χ4v) is 3.85. The van der Waals surface area contributed by atoms with E-state index in [9.17, 15) is 9.59 Å². The molecule has 2 N–H and O–H groups in total. The fourth-order valence-electron chi connectivity index (χ4n) is 3.01. The van der Waals surface area contributed by atoms with Crippen LogP contribution in [0.4, 0.5) is 11.5 Å². The summed E-state index contributed by atoms with van der Waals surface area (Å²) in [6, 6.07) is 8.67. The van der Waals surface area contributed by atoms with E-state index >= 15 is 0 Å². The van der Waals surface area contributed by atoms with Gasteiger partial charge >= 0.3 is 0 Å². The Kier molecular flexibility index (Phi) is 7.29. The van der Waals surface area contributed by atoms with Crippen molar-refractivity contribution in [2.75, 3.05) is 30.3 Å². The monoisotopic (exact) mass is 484 g/mol. The zero-order chi connectivity index (χ0) is 20.1. The van der Waals surface area contributed by atoms with Gasteiger partial charge in [0.2, 0.25) is 11.8 Å². The van der Waals surface area contributed by atoms with E-state index in [-0.39, 0.29) is 24.3 Å². The van der Waals surface area contributed by atoms with Gasteiger partial charge in [-0.15, -0.1) is 0 Å². The van der Waals surface area contributed by atoms with Crippen molar-refractivity contribution < 1.29 is 9.59 Å². The molecule has 1 saturated heterocycles. The fraction of sp³-hybridized carbons (Fsp3) is 0.316. The van der Waals surface area contributed by atoms with Crippen molar-refractivity contribution in [3.05, 3.63) is 51.0 Å². The highest BCUT2D eigenvalue weighted by Gasteiger charge is 2.26. The quantitative estimate of drug-likeness (QED) is 0.656. The molecular weight excluding hydrogens is 467 g/mol. The number of rotatable bonds is 5.